The lowest BCUT2D eigenvalue weighted by atomic mass is 9.73. The molecule has 4 rings (SSSR count). The maximum Gasteiger partial charge on any atom is 0.408 e. The molecule has 0 unspecified atom stereocenters. The van der Waals surface area contributed by atoms with Crippen LogP contribution in [-0.2, 0) is 57.0 Å². The number of Topliss-reactive ketones (excluding diaryl/α,β-unsaturated/α-hetero) is 1. The minimum absolute atomic E-state index is 0.120. The van der Waals surface area contributed by atoms with Crippen molar-refractivity contribution in [1.29, 1.82) is 0 Å². The van der Waals surface area contributed by atoms with Gasteiger partial charge in [-0.25, -0.2) is 4.79 Å². The minimum Gasteiger partial charge on any atom is -0.458 e. The van der Waals surface area contributed by atoms with Crippen LogP contribution >= 0.6 is 0 Å². The first-order valence-electron chi connectivity index (χ1n) is 23.2. The molecule has 0 bridgehead atoms. The van der Waals surface area contributed by atoms with Crippen molar-refractivity contribution < 1.29 is 66.9 Å². The molecule has 4 heterocycles. The second-order valence-corrected chi connectivity index (χ2v) is 19.4. The van der Waals surface area contributed by atoms with E-state index in [0.29, 0.717) is 13.0 Å². The summed E-state index contributed by atoms with van der Waals surface area (Å²) in [5.74, 6) is -4.27. The SMILES string of the molecule is CC[C@H]1OC(=O)[C@H](C)[C@@H](O[C@H]2C[C@@](C)(OC)[C@@H](OC(=O)CCN(CC)CC)[C@H](C)O2)[C@H](C)[C@@H](O[C@@H]2O[C@H](C)C[C@H](N(C)C)[C@H]2O)[C@](C)(OC)C[C@@H](C)C(=O)[C@H](C)[C@H]2NC(=O)O[C@@]21C. The molecular weight excluding hydrogens is 819 g/mol. The van der Waals surface area contributed by atoms with E-state index in [0.717, 1.165) is 13.1 Å². The van der Waals surface area contributed by atoms with Gasteiger partial charge >= 0.3 is 18.0 Å². The average molecular weight is 900 g/mol. The van der Waals surface area contributed by atoms with Gasteiger partial charge in [0.1, 0.15) is 23.6 Å². The second-order valence-electron chi connectivity index (χ2n) is 19.4. The summed E-state index contributed by atoms with van der Waals surface area (Å²) < 4.78 is 57.5. The number of ketones is 1. The van der Waals surface area contributed by atoms with Crippen LogP contribution in [0.3, 0.4) is 0 Å². The number of carbonyl (C=O) groups excluding carboxylic acids is 4. The van der Waals surface area contributed by atoms with Crippen molar-refractivity contribution in [2.75, 3.05) is 47.9 Å². The van der Waals surface area contributed by atoms with Crippen molar-refractivity contribution >= 4 is 23.8 Å². The summed E-state index contributed by atoms with van der Waals surface area (Å²) in [4.78, 5) is 59.4. The zero-order valence-corrected chi connectivity index (χ0v) is 41.0. The molecule has 4 aliphatic heterocycles. The van der Waals surface area contributed by atoms with Gasteiger partial charge in [-0.2, -0.15) is 0 Å². The maximum atomic E-state index is 14.7. The number of carbonyl (C=O) groups is 4. The van der Waals surface area contributed by atoms with E-state index < -0.39 is 108 Å². The standard InChI is InChI=1S/C46H81N3O14/c1-17-32-46(12)38(47-43(54)63-46)27(6)35(51)25(4)23-44(10,55-15)39(62-42-36(52)31(48(13)14)22-26(5)57-42)28(7)37(29(8)41(53)59-32)61-34-24-45(11,56-16)40(30(9)58-34)60-33(50)20-21-49(18-2)19-3/h25-32,34,36-40,42,52H,17-24H2,1-16H3,(H,47,54)/t25-,26-,27+,28+,29-,30+,31+,32-,34+,36-,37+,38-,39-,40+,42+,44-,45-,46-/m1/s1. The molecule has 0 aliphatic carbocycles. The van der Waals surface area contributed by atoms with Crippen LogP contribution in [0.1, 0.15) is 115 Å². The number of fused-ring (bicyclic) bond motifs is 1. The fourth-order valence-corrected chi connectivity index (χ4v) is 10.5. The summed E-state index contributed by atoms with van der Waals surface area (Å²) >= 11 is 0. The van der Waals surface area contributed by atoms with Crippen LogP contribution in [0, 0.1) is 23.7 Å². The maximum absolute atomic E-state index is 14.7. The van der Waals surface area contributed by atoms with Crippen LogP contribution in [0.25, 0.3) is 0 Å². The summed E-state index contributed by atoms with van der Waals surface area (Å²) in [5.41, 5.74) is -3.69. The lowest BCUT2D eigenvalue weighted by Crippen LogP contribution is -2.62. The molecule has 0 aromatic heterocycles. The monoisotopic (exact) mass is 900 g/mol. The third-order valence-electron chi connectivity index (χ3n) is 14.6. The smallest absolute Gasteiger partial charge is 0.408 e. The number of likely N-dealkylation sites (N-methyl/N-ethyl adjacent to an activating group) is 1. The molecule has 4 fully saturated rings. The Morgan fingerprint density at radius 2 is 1.49 bits per heavy atom. The summed E-state index contributed by atoms with van der Waals surface area (Å²) in [5, 5.41) is 14.6. The van der Waals surface area contributed by atoms with Gasteiger partial charge in [-0.3, -0.25) is 14.4 Å². The highest BCUT2D eigenvalue weighted by Crippen LogP contribution is 2.43. The molecular formula is C46H81N3O14. The molecule has 2 N–H and O–H groups in total. The summed E-state index contributed by atoms with van der Waals surface area (Å²) in [6, 6.07) is -1.11. The number of nitrogens with one attached hydrogen (secondary N) is 1. The third kappa shape index (κ3) is 11.7. The fourth-order valence-electron chi connectivity index (χ4n) is 10.5. The number of alkyl carbamates (subject to hydrolysis) is 1. The van der Waals surface area contributed by atoms with Gasteiger partial charge in [0, 0.05) is 51.0 Å². The number of methoxy groups -OCH3 is 2. The number of rotatable bonds is 14. The Labute approximate surface area is 376 Å². The molecule has 0 radical (unpaired) electrons. The van der Waals surface area contributed by atoms with E-state index in [4.69, 9.17) is 42.6 Å². The predicted molar refractivity (Wildman–Crippen MR) is 233 cm³/mol. The highest BCUT2D eigenvalue weighted by atomic mass is 16.7. The van der Waals surface area contributed by atoms with Crippen molar-refractivity contribution in [3.05, 3.63) is 0 Å². The van der Waals surface area contributed by atoms with Crippen LogP contribution in [0.2, 0.25) is 0 Å². The van der Waals surface area contributed by atoms with Gasteiger partial charge < -0.3 is 62.9 Å². The molecule has 17 nitrogen and oxygen atoms in total. The first kappa shape index (κ1) is 53.1. The predicted octanol–water partition coefficient (Wildman–Crippen LogP) is 4.48. The summed E-state index contributed by atoms with van der Waals surface area (Å²) in [7, 11) is 6.87. The van der Waals surface area contributed by atoms with Crippen LogP contribution in [-0.4, -0.2) is 171 Å². The van der Waals surface area contributed by atoms with E-state index in [2.05, 4.69) is 10.2 Å². The van der Waals surface area contributed by atoms with Crippen molar-refractivity contribution in [2.24, 2.45) is 23.7 Å². The Morgan fingerprint density at radius 1 is 0.873 bits per heavy atom. The number of hydrogen-bond acceptors (Lipinski definition) is 16. The topological polar surface area (TPSA) is 190 Å². The number of esters is 2. The van der Waals surface area contributed by atoms with Crippen LogP contribution in [0.15, 0.2) is 0 Å². The summed E-state index contributed by atoms with van der Waals surface area (Å²) in [6.45, 7) is 24.3. The zero-order valence-electron chi connectivity index (χ0n) is 41.0. The Balaban J connectivity index is 1.81. The van der Waals surface area contributed by atoms with Gasteiger partial charge in [-0.1, -0.05) is 41.5 Å². The van der Waals surface area contributed by atoms with E-state index in [-0.39, 0.29) is 49.6 Å². The number of aliphatic hydroxyl groups is 1. The van der Waals surface area contributed by atoms with E-state index >= 15 is 0 Å². The van der Waals surface area contributed by atoms with Gasteiger partial charge in [0.2, 0.25) is 0 Å². The number of aliphatic hydroxyl groups excluding tert-OH is 1. The molecule has 364 valence electrons. The Morgan fingerprint density at radius 3 is 2.06 bits per heavy atom. The van der Waals surface area contributed by atoms with Crippen LogP contribution < -0.4 is 5.32 Å². The molecule has 1 amide bonds. The fraction of sp³-hybridized carbons (Fsp3) is 0.913. The Bertz CT molecular complexity index is 1550. The summed E-state index contributed by atoms with van der Waals surface area (Å²) in [6.07, 6.45) is -7.23. The van der Waals surface area contributed by atoms with E-state index in [1.165, 1.54) is 7.11 Å². The number of cyclic esters (lactones) is 1. The highest BCUT2D eigenvalue weighted by Gasteiger charge is 2.58. The lowest BCUT2D eigenvalue weighted by Gasteiger charge is -2.50. The molecule has 0 aromatic rings. The lowest BCUT2D eigenvalue weighted by molar-refractivity contribution is -0.320. The molecule has 4 aliphatic rings. The van der Waals surface area contributed by atoms with Crippen molar-refractivity contribution in [3.63, 3.8) is 0 Å². The van der Waals surface area contributed by atoms with Crippen molar-refractivity contribution in [1.82, 2.24) is 15.1 Å². The quantitative estimate of drug-likeness (QED) is 0.183. The molecule has 63 heavy (non-hydrogen) atoms. The molecule has 0 aromatic carbocycles. The first-order valence-corrected chi connectivity index (χ1v) is 23.2. The normalized spacial score (nSPS) is 43.2. The average Bonchev–Trinajstić information content (AvgIpc) is 3.55. The molecule has 18 atom stereocenters. The number of ether oxygens (including phenoxy) is 9. The third-order valence-corrected chi connectivity index (χ3v) is 14.6. The van der Waals surface area contributed by atoms with Gasteiger partial charge in [-0.15, -0.1) is 0 Å². The van der Waals surface area contributed by atoms with E-state index in [9.17, 15) is 24.3 Å². The van der Waals surface area contributed by atoms with Gasteiger partial charge in [-0.05, 0) is 88.0 Å². The number of hydrogen-bond donors (Lipinski definition) is 2. The van der Waals surface area contributed by atoms with Gasteiger partial charge in [0.05, 0.1) is 48.4 Å². The largest absolute Gasteiger partial charge is 0.458 e. The molecule has 0 spiro atoms. The zero-order chi connectivity index (χ0) is 47.4. The molecule has 0 saturated carbocycles. The Hall–Kier alpha value is -2.48. The van der Waals surface area contributed by atoms with Gasteiger partial charge in [0.25, 0.3) is 0 Å². The van der Waals surface area contributed by atoms with E-state index in [1.807, 2.05) is 74.4 Å². The van der Waals surface area contributed by atoms with Gasteiger partial charge in [0.15, 0.2) is 24.3 Å². The van der Waals surface area contributed by atoms with Crippen LogP contribution in [0.4, 0.5) is 4.79 Å². The van der Waals surface area contributed by atoms with Crippen molar-refractivity contribution in [2.45, 2.75) is 199 Å². The second kappa shape index (κ2) is 21.9. The minimum atomic E-state index is -1.38. The first-order chi connectivity index (χ1) is 29.4. The Kier molecular flexibility index (Phi) is 18.5. The molecule has 17 heteroatoms. The molecule has 4 saturated heterocycles. The van der Waals surface area contributed by atoms with Crippen LogP contribution in [0.5, 0.6) is 0 Å². The number of amides is 1. The van der Waals surface area contributed by atoms with E-state index in [1.54, 1.807) is 34.8 Å². The van der Waals surface area contributed by atoms with Crippen molar-refractivity contribution in [3.8, 4) is 0 Å². The highest BCUT2D eigenvalue weighted by molar-refractivity contribution is 5.85. The number of nitrogens with zero attached hydrogens (tertiary/aromatic N) is 2.